The molecule has 0 amide bonds. The van der Waals surface area contributed by atoms with Crippen LogP contribution < -0.4 is 4.74 Å². The number of halogens is 3. The second-order valence-corrected chi connectivity index (χ2v) is 6.81. The third-order valence-corrected chi connectivity index (χ3v) is 4.16. The Balaban J connectivity index is 2.00. The van der Waals surface area contributed by atoms with E-state index in [4.69, 9.17) is 4.74 Å². The van der Waals surface area contributed by atoms with E-state index in [0.717, 1.165) is 4.43 Å². The van der Waals surface area contributed by atoms with Crippen molar-refractivity contribution >= 4 is 22.6 Å². The summed E-state index contributed by atoms with van der Waals surface area (Å²) in [5, 5.41) is 0. The zero-order valence-corrected chi connectivity index (χ0v) is 17.0. The van der Waals surface area contributed by atoms with Crippen LogP contribution in [0, 0.1) is 35.3 Å². The number of hydrogen-bond donors (Lipinski definition) is 0. The van der Waals surface area contributed by atoms with Gasteiger partial charge in [-0.1, -0.05) is 52.3 Å². The highest BCUT2D eigenvalue weighted by molar-refractivity contribution is 14.1. The van der Waals surface area contributed by atoms with E-state index < -0.39 is 0 Å². The molecule has 138 valence electrons. The van der Waals surface area contributed by atoms with E-state index in [2.05, 4.69) is 46.3 Å². The maximum Gasteiger partial charge on any atom is 0.136 e. The first-order valence-corrected chi connectivity index (χ1v) is 10.1. The van der Waals surface area contributed by atoms with Crippen molar-refractivity contribution in [2.24, 2.45) is 0 Å². The molecule has 0 fully saturated rings. The summed E-state index contributed by atoms with van der Waals surface area (Å²) >= 11 is 2.24. The molecule has 0 unspecified atom stereocenters. The monoisotopic (exact) mass is 484 g/mol. The van der Waals surface area contributed by atoms with Crippen LogP contribution in [0.15, 0.2) is 66.7 Å². The van der Waals surface area contributed by atoms with Crippen LogP contribution in [0.4, 0.5) is 8.78 Å². The second-order valence-electron chi connectivity index (χ2n) is 5.73. The van der Waals surface area contributed by atoms with Gasteiger partial charge in [-0.3, -0.25) is 0 Å². The molecule has 3 rings (SSSR count). The number of benzene rings is 3. The third-order valence-electron chi connectivity index (χ3n) is 3.72. The summed E-state index contributed by atoms with van der Waals surface area (Å²) in [5.41, 5.74) is 2.79. The Morgan fingerprint density at radius 2 is 1.29 bits per heavy atom. The van der Waals surface area contributed by atoms with E-state index in [1.807, 2.05) is 18.2 Å². The van der Waals surface area contributed by atoms with Gasteiger partial charge < -0.3 is 4.74 Å². The maximum absolute atomic E-state index is 13.1. The highest BCUT2D eigenvalue weighted by atomic mass is 127. The van der Waals surface area contributed by atoms with Gasteiger partial charge in [0.15, 0.2) is 0 Å². The predicted molar refractivity (Wildman–Crippen MR) is 116 cm³/mol. The largest absolute Gasteiger partial charge is 0.491 e. The number of hydrogen-bond acceptors (Lipinski definition) is 1. The van der Waals surface area contributed by atoms with E-state index in [-0.39, 0.29) is 11.6 Å². The number of rotatable bonds is 3. The van der Waals surface area contributed by atoms with Crippen LogP contribution in [0.5, 0.6) is 5.75 Å². The third kappa shape index (κ3) is 5.58. The van der Waals surface area contributed by atoms with Crippen LogP contribution in [-0.4, -0.2) is 11.0 Å². The van der Waals surface area contributed by atoms with Gasteiger partial charge in [0.05, 0.1) is 12.2 Å². The van der Waals surface area contributed by atoms with E-state index in [9.17, 15) is 8.78 Å². The average molecular weight is 484 g/mol. The predicted octanol–water partition coefficient (Wildman–Crippen LogP) is 5.58. The Morgan fingerprint density at radius 1 is 0.714 bits per heavy atom. The first kappa shape index (κ1) is 19.9. The van der Waals surface area contributed by atoms with Gasteiger partial charge in [0.25, 0.3) is 0 Å². The van der Waals surface area contributed by atoms with Gasteiger partial charge in [-0.2, -0.15) is 0 Å². The maximum atomic E-state index is 13.1. The van der Waals surface area contributed by atoms with E-state index in [1.165, 1.54) is 24.3 Å². The zero-order chi connectivity index (χ0) is 19.8. The molecule has 0 N–H and O–H groups in total. The summed E-state index contributed by atoms with van der Waals surface area (Å²) in [6, 6.07) is 17.6. The van der Waals surface area contributed by atoms with Gasteiger partial charge in [-0.25, -0.2) is 8.78 Å². The van der Waals surface area contributed by atoms with Gasteiger partial charge in [0.1, 0.15) is 17.4 Å². The smallest absolute Gasteiger partial charge is 0.136 e. The van der Waals surface area contributed by atoms with Crippen LogP contribution in [0.25, 0.3) is 0 Å². The van der Waals surface area contributed by atoms with Crippen molar-refractivity contribution in [3.8, 4) is 29.4 Å². The summed E-state index contributed by atoms with van der Waals surface area (Å²) in [6.07, 6.45) is 0. The first-order valence-electron chi connectivity index (χ1n) is 8.52. The van der Waals surface area contributed by atoms with E-state index in [1.54, 1.807) is 24.3 Å². The molecule has 0 aliphatic carbocycles. The summed E-state index contributed by atoms with van der Waals surface area (Å²) in [4.78, 5) is 0. The average Bonchev–Trinajstić information content (AvgIpc) is 2.72. The van der Waals surface area contributed by atoms with Crippen molar-refractivity contribution in [1.82, 2.24) is 0 Å². The summed E-state index contributed by atoms with van der Waals surface area (Å²) in [6.45, 7) is 0.556. The Labute approximate surface area is 176 Å². The fourth-order valence-corrected chi connectivity index (χ4v) is 2.59. The molecule has 0 aliphatic heterocycles. The highest BCUT2D eigenvalue weighted by Crippen LogP contribution is 2.22. The molecule has 0 aliphatic rings. The summed E-state index contributed by atoms with van der Waals surface area (Å²) in [7, 11) is 0. The molecule has 0 spiro atoms. The molecular formula is C24H15F2IO. The van der Waals surface area contributed by atoms with Crippen LogP contribution >= 0.6 is 22.6 Å². The molecule has 0 aromatic heterocycles. The lowest BCUT2D eigenvalue weighted by molar-refractivity contribution is 0.345. The molecule has 3 aromatic rings. The molecule has 0 bridgehead atoms. The second kappa shape index (κ2) is 9.92. The lowest BCUT2D eigenvalue weighted by atomic mass is 10.1. The quantitative estimate of drug-likeness (QED) is 0.268. The molecule has 0 saturated carbocycles. The molecule has 3 aromatic carbocycles. The minimum atomic E-state index is -0.304. The van der Waals surface area contributed by atoms with Gasteiger partial charge in [-0.15, -0.1) is 0 Å². The molecule has 0 radical (unpaired) electrons. The first-order chi connectivity index (χ1) is 13.7. The van der Waals surface area contributed by atoms with E-state index >= 15 is 0 Å². The number of ether oxygens (including phenoxy) is 1. The SMILES string of the molecule is Fc1ccc(C#Cc2cccc(OCCI)c2C#Cc2ccc(F)cc2)cc1. The summed E-state index contributed by atoms with van der Waals surface area (Å²) in [5.74, 6) is 12.3. The Morgan fingerprint density at radius 3 is 1.86 bits per heavy atom. The Bertz CT molecular complexity index is 1070. The van der Waals surface area contributed by atoms with Gasteiger partial charge >= 0.3 is 0 Å². The van der Waals surface area contributed by atoms with Crippen molar-refractivity contribution in [3.63, 3.8) is 0 Å². The van der Waals surface area contributed by atoms with Crippen molar-refractivity contribution in [2.75, 3.05) is 11.0 Å². The van der Waals surface area contributed by atoms with Crippen molar-refractivity contribution in [1.29, 1.82) is 0 Å². The molecule has 28 heavy (non-hydrogen) atoms. The molecular weight excluding hydrogens is 469 g/mol. The minimum Gasteiger partial charge on any atom is -0.491 e. The van der Waals surface area contributed by atoms with Crippen LogP contribution in [0.3, 0.4) is 0 Å². The summed E-state index contributed by atoms with van der Waals surface area (Å²) < 4.78 is 32.8. The van der Waals surface area contributed by atoms with Gasteiger partial charge in [0, 0.05) is 21.1 Å². The number of alkyl halides is 1. The zero-order valence-electron chi connectivity index (χ0n) is 14.8. The molecule has 0 saturated heterocycles. The van der Waals surface area contributed by atoms with Crippen LogP contribution in [0.2, 0.25) is 0 Å². The van der Waals surface area contributed by atoms with Gasteiger partial charge in [-0.05, 0) is 60.7 Å². The minimum absolute atomic E-state index is 0.300. The Kier molecular flexibility index (Phi) is 7.06. The fraction of sp³-hybridized carbons (Fsp3) is 0.0833. The fourth-order valence-electron chi connectivity index (χ4n) is 2.37. The lowest BCUT2D eigenvalue weighted by Gasteiger charge is -2.08. The van der Waals surface area contributed by atoms with Crippen LogP contribution in [0.1, 0.15) is 22.3 Å². The molecule has 1 nitrogen and oxygen atoms in total. The lowest BCUT2D eigenvalue weighted by Crippen LogP contribution is -2.00. The van der Waals surface area contributed by atoms with Crippen molar-refractivity contribution in [3.05, 3.63) is 101 Å². The van der Waals surface area contributed by atoms with E-state index in [0.29, 0.717) is 34.6 Å². The normalized spacial score (nSPS) is 9.68. The van der Waals surface area contributed by atoms with Crippen molar-refractivity contribution in [2.45, 2.75) is 0 Å². The highest BCUT2D eigenvalue weighted by Gasteiger charge is 2.06. The van der Waals surface area contributed by atoms with Crippen molar-refractivity contribution < 1.29 is 13.5 Å². The molecule has 0 atom stereocenters. The topological polar surface area (TPSA) is 9.23 Å². The van der Waals surface area contributed by atoms with Crippen LogP contribution in [-0.2, 0) is 0 Å². The molecule has 4 heteroatoms. The standard InChI is InChI=1S/C24H15F2IO/c25-21-11-5-18(6-12-21)4-10-20-2-1-3-24(28-17-16-27)23(20)15-9-19-7-13-22(26)14-8-19/h1-3,5-8,11-14H,16-17H2. The Hall–Kier alpha value is -2.83. The van der Waals surface area contributed by atoms with Gasteiger partial charge in [0.2, 0.25) is 0 Å². The molecule has 0 heterocycles.